The minimum absolute atomic E-state index is 0. The van der Waals surface area contributed by atoms with Gasteiger partial charge in [0, 0.05) is 0 Å². The molecule has 0 aromatic heterocycles. The predicted octanol–water partition coefficient (Wildman–Crippen LogP) is -12.6. The van der Waals surface area contributed by atoms with Crippen LogP contribution < -0.4 is 69.2 Å². The van der Waals surface area contributed by atoms with E-state index < -0.39 is 7.32 Å². The Balaban J connectivity index is -0.00000000300. The maximum Gasteiger partial charge on any atom is 1.00 e. The van der Waals surface area contributed by atoms with Gasteiger partial charge in [0.1, 0.15) is 0 Å². The molecular weight excluding hydrogens is 169 g/mol. The van der Waals surface area contributed by atoms with E-state index in [2.05, 4.69) is 0 Å². The summed E-state index contributed by atoms with van der Waals surface area (Å²) in [4.78, 5) is 0. The molecule has 0 spiro atoms. The molecule has 0 aliphatic rings. The molecule has 0 heterocycles. The minimum Gasteiger partial charge on any atom is -0.871 e. The van der Waals surface area contributed by atoms with E-state index in [1.807, 2.05) is 0 Å². The molecular formula is H9BNa2O7. The zero-order valence-corrected chi connectivity index (χ0v) is 9.84. The third-order valence-electron chi connectivity index (χ3n) is 0. The van der Waals surface area contributed by atoms with Crippen molar-refractivity contribution in [1.82, 2.24) is 0 Å². The van der Waals surface area contributed by atoms with E-state index in [-0.39, 0.29) is 81.0 Å². The average molecular weight is 178 g/mol. The van der Waals surface area contributed by atoms with E-state index in [1.165, 1.54) is 0 Å². The first-order valence-electron chi connectivity index (χ1n) is 0.730. The van der Waals surface area contributed by atoms with E-state index in [1.54, 1.807) is 0 Å². The van der Waals surface area contributed by atoms with Crippen LogP contribution in [-0.4, -0.2) is 34.3 Å². The van der Waals surface area contributed by atoms with E-state index in [0.29, 0.717) is 0 Å². The fraction of sp³-hybridized carbons (Fsp3) is 0. The second kappa shape index (κ2) is 45.1. The monoisotopic (exact) mass is 178 g/mol. The summed E-state index contributed by atoms with van der Waals surface area (Å²) in [6.07, 6.45) is 0. The Morgan fingerprint density at radius 1 is 0.800 bits per heavy atom. The Morgan fingerprint density at radius 3 is 0.800 bits per heavy atom. The maximum absolute atomic E-state index is 8.53. The minimum atomic E-state index is -2.67. The molecule has 56 valence electrons. The summed E-state index contributed by atoms with van der Waals surface area (Å²) in [5.41, 5.74) is 0. The van der Waals surface area contributed by atoms with Crippen molar-refractivity contribution >= 4 is 7.32 Å². The van der Waals surface area contributed by atoms with Crippen LogP contribution in [0.5, 0.6) is 0 Å². The summed E-state index contributed by atoms with van der Waals surface area (Å²) in [5.74, 6) is 0. The van der Waals surface area contributed by atoms with Crippen LogP contribution in [0.2, 0.25) is 0 Å². The van der Waals surface area contributed by atoms with Gasteiger partial charge in [-0.1, -0.05) is 0 Å². The standard InChI is InChI=1S/BHO3.2Na.4H2O/c2-1(3)4;;;;;;/h2H;;;4*1H2/q-2;2*+1;;;;. The molecule has 0 fully saturated rings. The smallest absolute Gasteiger partial charge is 0.871 e. The van der Waals surface area contributed by atoms with E-state index in [0.717, 1.165) is 0 Å². The summed E-state index contributed by atoms with van der Waals surface area (Å²) >= 11 is 0. The Morgan fingerprint density at radius 2 is 0.800 bits per heavy atom. The van der Waals surface area contributed by atoms with Crippen LogP contribution >= 0.6 is 0 Å². The number of hydrogen-bond acceptors (Lipinski definition) is 3. The number of rotatable bonds is 0. The molecule has 0 aliphatic carbocycles. The largest absolute Gasteiger partial charge is 1.00 e. The molecule has 10 heavy (non-hydrogen) atoms. The van der Waals surface area contributed by atoms with Gasteiger partial charge >= 0.3 is 59.1 Å². The summed E-state index contributed by atoms with van der Waals surface area (Å²) in [6.45, 7) is 0. The van der Waals surface area contributed by atoms with Gasteiger partial charge in [-0.15, -0.1) is 0 Å². The van der Waals surface area contributed by atoms with Gasteiger partial charge in [-0.05, 0) is 0 Å². The first-order chi connectivity index (χ1) is 1.73. The van der Waals surface area contributed by atoms with Crippen LogP contribution in [0.15, 0.2) is 0 Å². The maximum atomic E-state index is 8.53. The third kappa shape index (κ3) is 237. The topological polar surface area (TPSA) is 192 Å². The van der Waals surface area contributed by atoms with Crippen molar-refractivity contribution in [3.8, 4) is 0 Å². The Bertz CT molecular complexity index is 16.3. The zero-order chi connectivity index (χ0) is 3.58. The molecule has 0 atom stereocenters. The first-order valence-corrected chi connectivity index (χ1v) is 0.730. The summed E-state index contributed by atoms with van der Waals surface area (Å²) in [7, 11) is -2.67. The van der Waals surface area contributed by atoms with Crippen molar-refractivity contribution in [2.75, 3.05) is 0 Å². The van der Waals surface area contributed by atoms with E-state index in [4.69, 9.17) is 15.1 Å². The van der Waals surface area contributed by atoms with Crippen LogP contribution in [0.4, 0.5) is 0 Å². The summed E-state index contributed by atoms with van der Waals surface area (Å²) in [6, 6.07) is 0. The SMILES string of the molecule is O.O.O.O.[Na+].[Na+].[O-]B([O-])O. The molecule has 10 heteroatoms. The van der Waals surface area contributed by atoms with Crippen LogP contribution in [-0.2, 0) is 0 Å². The molecule has 0 aromatic rings. The van der Waals surface area contributed by atoms with Gasteiger partial charge in [0.25, 0.3) is 0 Å². The normalized spacial score (nSPS) is 2.70. The molecule has 0 bridgehead atoms. The van der Waals surface area contributed by atoms with Crippen molar-refractivity contribution < 1.29 is 96.1 Å². The van der Waals surface area contributed by atoms with Gasteiger partial charge in [-0.3, -0.25) is 0 Å². The van der Waals surface area contributed by atoms with Crippen LogP contribution in [0.25, 0.3) is 0 Å². The Kier molecular flexibility index (Phi) is 270. The van der Waals surface area contributed by atoms with Gasteiger partial charge in [-0.25, -0.2) is 0 Å². The quantitative estimate of drug-likeness (QED) is 0.360. The van der Waals surface area contributed by atoms with Gasteiger partial charge in [0.05, 0.1) is 7.32 Å². The predicted molar refractivity (Wildman–Crippen MR) is 22.4 cm³/mol. The molecule has 0 radical (unpaired) electrons. The molecule has 7 nitrogen and oxygen atoms in total. The number of hydrogen-bond donors (Lipinski definition) is 1. The molecule has 0 aliphatic heterocycles. The van der Waals surface area contributed by atoms with Crippen molar-refractivity contribution in [2.24, 2.45) is 0 Å². The van der Waals surface area contributed by atoms with Crippen molar-refractivity contribution in [3.63, 3.8) is 0 Å². The molecule has 0 unspecified atom stereocenters. The van der Waals surface area contributed by atoms with Gasteiger partial charge < -0.3 is 37.0 Å². The van der Waals surface area contributed by atoms with Gasteiger partial charge in [-0.2, -0.15) is 0 Å². The molecule has 0 saturated carbocycles. The molecule has 9 N–H and O–H groups in total. The van der Waals surface area contributed by atoms with Crippen LogP contribution in [0.1, 0.15) is 0 Å². The summed E-state index contributed by atoms with van der Waals surface area (Å²) < 4.78 is 0. The second-order valence-corrected chi connectivity index (χ2v) is 0.307. The second-order valence-electron chi connectivity index (χ2n) is 0.307. The van der Waals surface area contributed by atoms with E-state index in [9.17, 15) is 0 Å². The van der Waals surface area contributed by atoms with Crippen molar-refractivity contribution in [2.45, 2.75) is 0 Å². The fourth-order valence-electron chi connectivity index (χ4n) is 0. The van der Waals surface area contributed by atoms with Crippen molar-refractivity contribution in [1.29, 1.82) is 0 Å². The molecule has 0 rings (SSSR count). The van der Waals surface area contributed by atoms with E-state index >= 15 is 0 Å². The van der Waals surface area contributed by atoms with Crippen LogP contribution in [0, 0.1) is 0 Å². The summed E-state index contributed by atoms with van der Waals surface area (Å²) in [5, 5.41) is 24.0. The van der Waals surface area contributed by atoms with Crippen LogP contribution in [0.3, 0.4) is 0 Å². The van der Waals surface area contributed by atoms with Gasteiger partial charge in [0.2, 0.25) is 0 Å². The Labute approximate surface area is 102 Å². The molecule has 0 amide bonds. The zero-order valence-electron chi connectivity index (χ0n) is 5.84. The van der Waals surface area contributed by atoms with Gasteiger partial charge in [0.15, 0.2) is 0 Å². The third-order valence-corrected chi connectivity index (χ3v) is 0. The molecule has 0 aromatic carbocycles. The van der Waals surface area contributed by atoms with Crippen molar-refractivity contribution in [3.05, 3.63) is 0 Å². The average Bonchev–Trinajstić information content (AvgIpc) is 0.811. The first kappa shape index (κ1) is 59.9. The fourth-order valence-corrected chi connectivity index (χ4v) is 0. The Hall–Kier alpha value is 1.78. The molecule has 0 saturated heterocycles.